The first kappa shape index (κ1) is 15.6. The lowest BCUT2D eigenvalue weighted by Gasteiger charge is -2.22. The molecule has 0 spiro atoms. The quantitative estimate of drug-likeness (QED) is 0.404. The number of rotatable bonds is 0. The highest BCUT2D eigenvalue weighted by atomic mass is 19.4. The molecule has 0 bridgehead atoms. The number of benzene rings is 1. The highest BCUT2D eigenvalue weighted by Crippen LogP contribution is 2.58. The van der Waals surface area contributed by atoms with Crippen LogP contribution in [0.25, 0.3) is 0 Å². The fraction of sp³-hybridized carbons (Fsp3) is 0.300. The standard InChI is InChI=1S/C10F10O/c11-3-1-2(4(12)6(14)5(3)13)9(16,17)7(21)8(1,15)10(18,19)20. The Bertz CT molecular complexity index is 661. The number of carbonyl (C=O) groups excluding carboxylic acids is 1. The molecular formula is C10F10O. The van der Waals surface area contributed by atoms with Gasteiger partial charge in [-0.2, -0.15) is 22.0 Å². The van der Waals surface area contributed by atoms with Gasteiger partial charge in [0.2, 0.25) is 0 Å². The fourth-order valence-electron chi connectivity index (χ4n) is 1.96. The van der Waals surface area contributed by atoms with Gasteiger partial charge in [0.25, 0.3) is 11.5 Å². The van der Waals surface area contributed by atoms with Crippen molar-refractivity contribution in [2.24, 2.45) is 0 Å². The Hall–Kier alpha value is -1.81. The SMILES string of the molecule is O=C1C(F)(F)c2c(F)c(F)c(F)c(F)c2C1(F)C(F)(F)F. The number of hydrogen-bond acceptors (Lipinski definition) is 1. The van der Waals surface area contributed by atoms with E-state index in [1.807, 2.05) is 0 Å². The van der Waals surface area contributed by atoms with Crippen molar-refractivity contribution >= 4 is 5.78 Å². The summed E-state index contributed by atoms with van der Waals surface area (Å²) in [5.41, 5.74) is -11.4. The zero-order chi connectivity index (χ0) is 16.5. The smallest absolute Gasteiger partial charge is 0.288 e. The summed E-state index contributed by atoms with van der Waals surface area (Å²) < 4.78 is 130. The van der Waals surface area contributed by atoms with E-state index in [0.29, 0.717) is 0 Å². The molecule has 0 amide bonds. The molecule has 116 valence electrons. The minimum atomic E-state index is -6.43. The normalized spacial score (nSPS) is 24.4. The molecule has 0 aromatic heterocycles. The lowest BCUT2D eigenvalue weighted by Crippen LogP contribution is -2.46. The number of ketones is 1. The van der Waals surface area contributed by atoms with Gasteiger partial charge in [-0.15, -0.1) is 0 Å². The molecule has 21 heavy (non-hydrogen) atoms. The molecule has 2 rings (SSSR count). The molecule has 1 nitrogen and oxygen atoms in total. The molecule has 1 aliphatic rings. The average Bonchev–Trinajstić information content (AvgIpc) is 2.52. The van der Waals surface area contributed by atoms with Crippen molar-refractivity contribution in [2.75, 3.05) is 0 Å². The number of fused-ring (bicyclic) bond motifs is 1. The lowest BCUT2D eigenvalue weighted by molar-refractivity contribution is -0.235. The van der Waals surface area contributed by atoms with Gasteiger partial charge in [0, 0.05) is 0 Å². The van der Waals surface area contributed by atoms with Gasteiger partial charge in [-0.3, -0.25) is 4.79 Å². The van der Waals surface area contributed by atoms with E-state index < -0.39 is 57.9 Å². The summed E-state index contributed by atoms with van der Waals surface area (Å²) in [5, 5.41) is 0. The van der Waals surface area contributed by atoms with Crippen molar-refractivity contribution in [3.63, 3.8) is 0 Å². The second-order valence-corrected chi connectivity index (χ2v) is 4.07. The Labute approximate surface area is 108 Å². The Morgan fingerprint density at radius 1 is 0.714 bits per heavy atom. The number of carbonyl (C=O) groups is 1. The number of hydrogen-bond donors (Lipinski definition) is 0. The predicted molar refractivity (Wildman–Crippen MR) is 44.0 cm³/mol. The second-order valence-electron chi connectivity index (χ2n) is 4.07. The zero-order valence-corrected chi connectivity index (χ0v) is 9.19. The molecule has 1 unspecified atom stereocenters. The summed E-state index contributed by atoms with van der Waals surface area (Å²) in [7, 11) is 0. The van der Waals surface area contributed by atoms with E-state index in [9.17, 15) is 48.7 Å². The third kappa shape index (κ3) is 1.57. The second kappa shape index (κ2) is 3.89. The third-order valence-electron chi connectivity index (χ3n) is 2.91. The molecule has 1 aromatic rings. The highest BCUT2D eigenvalue weighted by Gasteiger charge is 2.77. The zero-order valence-electron chi connectivity index (χ0n) is 9.19. The van der Waals surface area contributed by atoms with Crippen LogP contribution < -0.4 is 0 Å². The summed E-state index contributed by atoms with van der Waals surface area (Å²) in [6, 6.07) is 0. The van der Waals surface area contributed by atoms with Crippen molar-refractivity contribution < 1.29 is 48.7 Å². The van der Waals surface area contributed by atoms with Crippen LogP contribution in [0, 0.1) is 23.3 Å². The molecule has 0 heterocycles. The first-order valence-corrected chi connectivity index (χ1v) is 4.84. The Kier molecular flexibility index (Phi) is 2.88. The fourth-order valence-corrected chi connectivity index (χ4v) is 1.96. The van der Waals surface area contributed by atoms with Crippen molar-refractivity contribution in [1.29, 1.82) is 0 Å². The van der Waals surface area contributed by atoms with Crippen LogP contribution in [0.3, 0.4) is 0 Å². The third-order valence-corrected chi connectivity index (χ3v) is 2.91. The van der Waals surface area contributed by atoms with Gasteiger partial charge in [0.15, 0.2) is 23.3 Å². The van der Waals surface area contributed by atoms with E-state index >= 15 is 0 Å². The molecule has 0 N–H and O–H groups in total. The molecule has 11 heteroatoms. The molecule has 0 radical (unpaired) electrons. The van der Waals surface area contributed by atoms with Crippen molar-refractivity contribution in [3.05, 3.63) is 34.4 Å². The number of halogens is 10. The van der Waals surface area contributed by atoms with Gasteiger partial charge in [0.1, 0.15) is 0 Å². The lowest BCUT2D eigenvalue weighted by atomic mass is 9.95. The predicted octanol–water partition coefficient (Wildman–Crippen LogP) is 3.64. The van der Waals surface area contributed by atoms with E-state index in [1.54, 1.807) is 0 Å². The monoisotopic (exact) mass is 326 g/mol. The van der Waals surface area contributed by atoms with Gasteiger partial charge in [-0.25, -0.2) is 22.0 Å². The van der Waals surface area contributed by atoms with Crippen LogP contribution in [0.2, 0.25) is 0 Å². The summed E-state index contributed by atoms with van der Waals surface area (Å²) in [6.07, 6.45) is -6.43. The maximum atomic E-state index is 13.8. The van der Waals surface area contributed by atoms with Gasteiger partial charge in [-0.05, 0) is 0 Å². The highest BCUT2D eigenvalue weighted by molar-refractivity contribution is 6.01. The van der Waals surface area contributed by atoms with E-state index in [-0.39, 0.29) is 0 Å². The molecular weight excluding hydrogens is 326 g/mol. The molecule has 0 fully saturated rings. The molecule has 0 saturated carbocycles. The van der Waals surface area contributed by atoms with Crippen LogP contribution in [0.1, 0.15) is 11.1 Å². The van der Waals surface area contributed by atoms with Crippen molar-refractivity contribution in [2.45, 2.75) is 17.8 Å². The summed E-state index contributed by atoms with van der Waals surface area (Å²) >= 11 is 0. The molecule has 0 aliphatic heterocycles. The average molecular weight is 326 g/mol. The summed E-state index contributed by atoms with van der Waals surface area (Å²) in [6.45, 7) is 0. The Morgan fingerprint density at radius 2 is 1.10 bits per heavy atom. The van der Waals surface area contributed by atoms with Crippen LogP contribution in [0.15, 0.2) is 0 Å². The minimum absolute atomic E-state index is 2.80. The van der Waals surface area contributed by atoms with Gasteiger partial charge in [-0.1, -0.05) is 0 Å². The van der Waals surface area contributed by atoms with E-state index in [4.69, 9.17) is 0 Å². The van der Waals surface area contributed by atoms with Gasteiger partial charge < -0.3 is 0 Å². The maximum Gasteiger partial charge on any atom is 0.434 e. The van der Waals surface area contributed by atoms with Crippen molar-refractivity contribution in [1.82, 2.24) is 0 Å². The number of Topliss-reactive ketones (excluding diaryl/α,β-unsaturated/α-hetero) is 1. The molecule has 1 atom stereocenters. The summed E-state index contributed by atoms with van der Waals surface area (Å²) in [4.78, 5) is 11.0. The Morgan fingerprint density at radius 3 is 1.48 bits per heavy atom. The topological polar surface area (TPSA) is 17.1 Å². The van der Waals surface area contributed by atoms with E-state index in [2.05, 4.69) is 0 Å². The number of alkyl halides is 6. The van der Waals surface area contributed by atoms with Crippen LogP contribution in [0.4, 0.5) is 43.9 Å². The van der Waals surface area contributed by atoms with Gasteiger partial charge in [0.05, 0.1) is 11.1 Å². The van der Waals surface area contributed by atoms with Crippen LogP contribution in [0.5, 0.6) is 0 Å². The van der Waals surface area contributed by atoms with E-state index in [1.165, 1.54) is 0 Å². The van der Waals surface area contributed by atoms with Crippen LogP contribution in [-0.4, -0.2) is 12.0 Å². The van der Waals surface area contributed by atoms with E-state index in [0.717, 1.165) is 0 Å². The first-order chi connectivity index (χ1) is 9.29. The summed E-state index contributed by atoms with van der Waals surface area (Å²) in [5.74, 6) is -20.9. The minimum Gasteiger partial charge on any atom is -0.288 e. The van der Waals surface area contributed by atoms with Gasteiger partial charge >= 0.3 is 12.1 Å². The Balaban J connectivity index is 3.06. The molecule has 1 aliphatic carbocycles. The largest absolute Gasteiger partial charge is 0.434 e. The van der Waals surface area contributed by atoms with Crippen LogP contribution in [-0.2, 0) is 16.4 Å². The first-order valence-electron chi connectivity index (χ1n) is 4.84. The van der Waals surface area contributed by atoms with Crippen LogP contribution >= 0.6 is 0 Å². The van der Waals surface area contributed by atoms with Crippen molar-refractivity contribution in [3.8, 4) is 0 Å². The molecule has 0 saturated heterocycles. The molecule has 1 aromatic carbocycles. The maximum absolute atomic E-state index is 13.8.